The SMILES string of the molecule is C[C@@H](NC[C@H]1CN(C(=O)CCC(C)(C)C(=O)O)C[C@@H]1c1ccccc1)c1cccc2ccccc12. The van der Waals surface area contributed by atoms with E-state index in [0.717, 1.165) is 6.54 Å². The van der Waals surface area contributed by atoms with Crippen LogP contribution in [0.15, 0.2) is 72.8 Å². The van der Waals surface area contributed by atoms with Gasteiger partial charge in [0.2, 0.25) is 5.91 Å². The molecule has 0 aliphatic carbocycles. The van der Waals surface area contributed by atoms with Crippen molar-refractivity contribution in [2.75, 3.05) is 19.6 Å². The molecule has 0 unspecified atom stereocenters. The summed E-state index contributed by atoms with van der Waals surface area (Å²) in [5.41, 5.74) is 1.63. The first-order valence-corrected chi connectivity index (χ1v) is 12.5. The van der Waals surface area contributed by atoms with Crippen LogP contribution in [0.3, 0.4) is 0 Å². The Morgan fingerprint density at radius 3 is 2.43 bits per heavy atom. The topological polar surface area (TPSA) is 69.6 Å². The highest BCUT2D eigenvalue weighted by molar-refractivity contribution is 5.86. The lowest BCUT2D eigenvalue weighted by Gasteiger charge is -2.23. The first kappa shape index (κ1) is 24.9. The third-order valence-corrected chi connectivity index (χ3v) is 7.54. The molecular weight excluding hydrogens is 436 g/mol. The summed E-state index contributed by atoms with van der Waals surface area (Å²) in [4.78, 5) is 26.4. The van der Waals surface area contributed by atoms with Crippen LogP contribution in [0, 0.1) is 11.3 Å². The highest BCUT2D eigenvalue weighted by Crippen LogP contribution is 2.34. The monoisotopic (exact) mass is 472 g/mol. The molecule has 1 amide bonds. The third-order valence-electron chi connectivity index (χ3n) is 7.54. The zero-order valence-electron chi connectivity index (χ0n) is 20.9. The molecule has 35 heavy (non-hydrogen) atoms. The van der Waals surface area contributed by atoms with Gasteiger partial charge in [-0.2, -0.15) is 0 Å². The number of carboxylic acid groups (broad SMARTS) is 1. The van der Waals surface area contributed by atoms with Crippen LogP contribution in [-0.2, 0) is 9.59 Å². The second-order valence-electron chi connectivity index (χ2n) is 10.5. The van der Waals surface area contributed by atoms with E-state index >= 15 is 0 Å². The first-order valence-electron chi connectivity index (χ1n) is 12.5. The van der Waals surface area contributed by atoms with E-state index in [9.17, 15) is 14.7 Å². The largest absolute Gasteiger partial charge is 0.481 e. The van der Waals surface area contributed by atoms with Crippen molar-refractivity contribution in [2.24, 2.45) is 11.3 Å². The summed E-state index contributed by atoms with van der Waals surface area (Å²) in [6.07, 6.45) is 0.599. The van der Waals surface area contributed by atoms with Crippen molar-refractivity contribution in [1.29, 1.82) is 0 Å². The highest BCUT2D eigenvalue weighted by atomic mass is 16.4. The minimum absolute atomic E-state index is 0.0462. The van der Waals surface area contributed by atoms with Crippen molar-refractivity contribution in [3.8, 4) is 0 Å². The van der Waals surface area contributed by atoms with Gasteiger partial charge in [-0.15, -0.1) is 0 Å². The van der Waals surface area contributed by atoms with Crippen LogP contribution in [0.4, 0.5) is 0 Å². The fraction of sp³-hybridized carbons (Fsp3) is 0.400. The number of hydrogen-bond donors (Lipinski definition) is 2. The fourth-order valence-electron chi connectivity index (χ4n) is 5.11. The van der Waals surface area contributed by atoms with E-state index in [1.807, 2.05) is 11.0 Å². The Morgan fingerprint density at radius 1 is 1.00 bits per heavy atom. The lowest BCUT2D eigenvalue weighted by atomic mass is 9.88. The average molecular weight is 473 g/mol. The van der Waals surface area contributed by atoms with Crippen molar-refractivity contribution >= 4 is 22.6 Å². The van der Waals surface area contributed by atoms with Crippen molar-refractivity contribution in [1.82, 2.24) is 10.2 Å². The molecule has 0 saturated carbocycles. The minimum Gasteiger partial charge on any atom is -0.481 e. The summed E-state index contributed by atoms with van der Waals surface area (Å²) in [6, 6.07) is 25.5. The van der Waals surface area contributed by atoms with Crippen LogP contribution in [0.1, 0.15) is 56.7 Å². The molecule has 1 saturated heterocycles. The number of nitrogens with zero attached hydrogens (tertiary/aromatic N) is 1. The van der Waals surface area contributed by atoms with E-state index in [-0.39, 0.29) is 30.2 Å². The maximum Gasteiger partial charge on any atom is 0.309 e. The summed E-state index contributed by atoms with van der Waals surface area (Å²) >= 11 is 0. The molecule has 2 N–H and O–H groups in total. The van der Waals surface area contributed by atoms with Gasteiger partial charge in [-0.25, -0.2) is 0 Å². The molecule has 3 aromatic rings. The van der Waals surface area contributed by atoms with Gasteiger partial charge in [0.15, 0.2) is 0 Å². The van der Waals surface area contributed by atoms with E-state index in [0.29, 0.717) is 19.5 Å². The molecule has 1 fully saturated rings. The molecule has 3 aromatic carbocycles. The summed E-state index contributed by atoms with van der Waals surface area (Å²) < 4.78 is 0. The van der Waals surface area contributed by atoms with Crippen molar-refractivity contribution in [2.45, 2.75) is 45.6 Å². The second-order valence-corrected chi connectivity index (χ2v) is 10.5. The van der Waals surface area contributed by atoms with Crippen molar-refractivity contribution < 1.29 is 14.7 Å². The van der Waals surface area contributed by atoms with Crippen LogP contribution < -0.4 is 5.32 Å². The maximum absolute atomic E-state index is 13.1. The zero-order chi connectivity index (χ0) is 25.0. The molecule has 0 spiro atoms. The van der Waals surface area contributed by atoms with Gasteiger partial charge in [0, 0.05) is 38.0 Å². The Hall–Kier alpha value is -3.18. The van der Waals surface area contributed by atoms with Crippen LogP contribution in [0.25, 0.3) is 10.8 Å². The summed E-state index contributed by atoms with van der Waals surface area (Å²) in [5.74, 6) is -0.283. The van der Waals surface area contributed by atoms with Crippen LogP contribution in [0.5, 0.6) is 0 Å². The van der Waals surface area contributed by atoms with Crippen LogP contribution in [-0.4, -0.2) is 41.5 Å². The number of likely N-dealkylation sites (tertiary alicyclic amines) is 1. The maximum atomic E-state index is 13.1. The van der Waals surface area contributed by atoms with Crippen LogP contribution >= 0.6 is 0 Å². The number of rotatable bonds is 9. The van der Waals surface area contributed by atoms with Gasteiger partial charge >= 0.3 is 5.97 Å². The van der Waals surface area contributed by atoms with Crippen molar-refractivity contribution in [3.63, 3.8) is 0 Å². The van der Waals surface area contributed by atoms with Gasteiger partial charge in [-0.3, -0.25) is 9.59 Å². The number of fused-ring (bicyclic) bond motifs is 1. The number of benzene rings is 3. The summed E-state index contributed by atoms with van der Waals surface area (Å²) in [6.45, 7) is 7.72. The summed E-state index contributed by atoms with van der Waals surface area (Å²) in [7, 11) is 0. The Bertz CT molecular complexity index is 1170. The lowest BCUT2D eigenvalue weighted by Crippen LogP contribution is -2.33. The quantitative estimate of drug-likeness (QED) is 0.424. The Labute approximate surface area is 208 Å². The summed E-state index contributed by atoms with van der Waals surface area (Å²) in [5, 5.41) is 15.7. The van der Waals surface area contributed by atoms with E-state index in [2.05, 4.69) is 79.0 Å². The number of nitrogens with one attached hydrogen (secondary N) is 1. The number of aliphatic carboxylic acids is 1. The fourth-order valence-corrected chi connectivity index (χ4v) is 5.11. The lowest BCUT2D eigenvalue weighted by molar-refractivity contribution is -0.147. The van der Waals surface area contributed by atoms with Gasteiger partial charge in [0.1, 0.15) is 0 Å². The predicted octanol–water partition coefficient (Wildman–Crippen LogP) is 5.62. The van der Waals surface area contributed by atoms with Crippen LogP contribution in [0.2, 0.25) is 0 Å². The minimum atomic E-state index is -0.900. The molecule has 1 heterocycles. The molecule has 0 aromatic heterocycles. The first-order chi connectivity index (χ1) is 16.8. The molecule has 3 atom stereocenters. The number of carboxylic acids is 1. The third kappa shape index (κ3) is 5.73. The molecule has 1 aliphatic heterocycles. The number of hydrogen-bond acceptors (Lipinski definition) is 3. The van der Waals surface area contributed by atoms with E-state index in [4.69, 9.17) is 0 Å². The van der Waals surface area contributed by atoms with Gasteiger partial charge in [-0.1, -0.05) is 72.8 Å². The molecule has 1 aliphatic rings. The van der Waals surface area contributed by atoms with E-state index in [1.54, 1.807) is 13.8 Å². The second kappa shape index (κ2) is 10.6. The van der Waals surface area contributed by atoms with Gasteiger partial charge in [0.05, 0.1) is 5.41 Å². The highest BCUT2D eigenvalue weighted by Gasteiger charge is 2.37. The Kier molecular flexibility index (Phi) is 7.56. The predicted molar refractivity (Wildman–Crippen MR) is 140 cm³/mol. The smallest absolute Gasteiger partial charge is 0.309 e. The van der Waals surface area contributed by atoms with Gasteiger partial charge in [0.25, 0.3) is 0 Å². The number of amides is 1. The average Bonchev–Trinajstić information content (AvgIpc) is 3.30. The normalized spacial score (nSPS) is 19.1. The molecule has 4 rings (SSSR count). The molecule has 0 radical (unpaired) electrons. The standard InChI is InChI=1S/C30H36N2O3/c1-21(25-15-9-13-22-12-7-8-14-26(22)25)31-18-24-19-32(20-27(24)23-10-5-4-6-11-23)28(33)16-17-30(2,3)29(34)35/h4-15,21,24,27,31H,16-20H2,1-3H3,(H,34,35)/t21-,24+,27-/m1/s1. The Balaban J connectivity index is 1.46. The van der Waals surface area contributed by atoms with E-state index < -0.39 is 11.4 Å². The molecule has 5 heteroatoms. The molecule has 5 nitrogen and oxygen atoms in total. The van der Waals surface area contributed by atoms with Gasteiger partial charge in [-0.05, 0) is 55.0 Å². The number of carbonyl (C=O) groups excluding carboxylic acids is 1. The molecule has 0 bridgehead atoms. The van der Waals surface area contributed by atoms with E-state index in [1.165, 1.54) is 21.9 Å². The molecular formula is C30H36N2O3. The molecule has 184 valence electrons. The zero-order valence-corrected chi connectivity index (χ0v) is 20.9. The Morgan fingerprint density at radius 2 is 1.69 bits per heavy atom. The van der Waals surface area contributed by atoms with Gasteiger partial charge < -0.3 is 15.3 Å². The van der Waals surface area contributed by atoms with Crippen molar-refractivity contribution in [3.05, 3.63) is 83.9 Å². The number of carbonyl (C=O) groups is 2.